The lowest BCUT2D eigenvalue weighted by Gasteiger charge is -2.42. The summed E-state index contributed by atoms with van der Waals surface area (Å²) < 4.78 is 2.01. The number of aromatic nitrogens is 4. The highest BCUT2D eigenvalue weighted by molar-refractivity contribution is 5.38. The van der Waals surface area contributed by atoms with Gasteiger partial charge in [0.1, 0.15) is 5.82 Å². The van der Waals surface area contributed by atoms with Gasteiger partial charge in [0.05, 0.1) is 24.5 Å². The van der Waals surface area contributed by atoms with Crippen LogP contribution in [0, 0.1) is 6.92 Å². The summed E-state index contributed by atoms with van der Waals surface area (Å²) in [7, 11) is 0. The molecule has 0 spiro atoms. The monoisotopic (exact) mass is 392 g/mol. The minimum absolute atomic E-state index is 0.0653. The van der Waals surface area contributed by atoms with E-state index >= 15 is 0 Å². The fourth-order valence-corrected chi connectivity index (χ4v) is 3.93. The Morgan fingerprint density at radius 1 is 1.14 bits per heavy atom. The third-order valence-corrected chi connectivity index (χ3v) is 5.66. The van der Waals surface area contributed by atoms with Crippen LogP contribution >= 0.6 is 0 Å². The first-order chi connectivity index (χ1) is 14.2. The molecule has 7 heteroatoms. The van der Waals surface area contributed by atoms with E-state index in [1.165, 1.54) is 11.1 Å². The van der Waals surface area contributed by atoms with Crippen molar-refractivity contribution < 1.29 is 5.11 Å². The van der Waals surface area contributed by atoms with E-state index in [0.717, 1.165) is 49.8 Å². The predicted molar refractivity (Wildman–Crippen MR) is 112 cm³/mol. The van der Waals surface area contributed by atoms with Gasteiger partial charge in [-0.2, -0.15) is 5.10 Å². The molecule has 0 bridgehead atoms. The van der Waals surface area contributed by atoms with Crippen LogP contribution in [0.2, 0.25) is 0 Å². The van der Waals surface area contributed by atoms with Crippen LogP contribution in [0.25, 0.3) is 0 Å². The molecule has 29 heavy (non-hydrogen) atoms. The smallest absolute Gasteiger partial charge is 0.147 e. The molecule has 1 aromatic carbocycles. The summed E-state index contributed by atoms with van der Waals surface area (Å²) in [6, 6.07) is 8.50. The molecule has 1 aliphatic heterocycles. The Labute approximate surface area is 171 Å². The normalized spacial score (nSPS) is 17.6. The molecular weight excluding hydrogens is 364 g/mol. The Morgan fingerprint density at radius 2 is 1.97 bits per heavy atom. The summed E-state index contributed by atoms with van der Waals surface area (Å²) in [6.45, 7) is 8.70. The van der Waals surface area contributed by atoms with Crippen LogP contribution in [0.1, 0.15) is 35.3 Å². The first kappa shape index (κ1) is 19.5. The average molecular weight is 393 g/mol. The molecule has 4 rings (SSSR count). The van der Waals surface area contributed by atoms with E-state index < -0.39 is 0 Å². The quantitative estimate of drug-likeness (QED) is 0.695. The lowest BCUT2D eigenvalue weighted by atomic mass is 10.00. The number of anilines is 1. The third kappa shape index (κ3) is 4.31. The zero-order chi connectivity index (χ0) is 20.2. The van der Waals surface area contributed by atoms with Crippen molar-refractivity contribution in [2.24, 2.45) is 0 Å². The van der Waals surface area contributed by atoms with Crippen LogP contribution in [-0.2, 0) is 19.7 Å². The van der Waals surface area contributed by atoms with Gasteiger partial charge in [-0.25, -0.2) is 4.98 Å². The molecular formula is C22H28N6O. The lowest BCUT2D eigenvalue weighted by Crippen LogP contribution is -2.48. The van der Waals surface area contributed by atoms with Crippen molar-refractivity contribution in [2.75, 3.05) is 24.5 Å². The van der Waals surface area contributed by atoms with Gasteiger partial charge in [0.15, 0.2) is 0 Å². The molecule has 1 atom stereocenters. The van der Waals surface area contributed by atoms with Gasteiger partial charge in [-0.05, 0) is 25.0 Å². The SMILES string of the molecule is CCn1cc(CN2CCN(c3cnccn3)CC2c2ccc(CO)cc2)c(C)n1. The standard InChI is InChI=1S/C22H28N6O/c1-3-28-14-20(17(2)25-28)13-26-10-11-27(22-12-23-8-9-24-22)15-21(26)19-6-4-18(16-29)5-7-19/h4-9,12,14,21,29H,3,10-11,13,15-16H2,1-2H3. The van der Waals surface area contributed by atoms with Crippen LogP contribution in [0.5, 0.6) is 0 Å². The molecule has 152 valence electrons. The average Bonchev–Trinajstić information content (AvgIpc) is 3.14. The van der Waals surface area contributed by atoms with Gasteiger partial charge in [-0.15, -0.1) is 0 Å². The Bertz CT molecular complexity index is 924. The van der Waals surface area contributed by atoms with Crippen molar-refractivity contribution >= 4 is 5.82 Å². The molecule has 3 heterocycles. The van der Waals surface area contributed by atoms with Crippen LogP contribution in [0.4, 0.5) is 5.82 Å². The highest BCUT2D eigenvalue weighted by Crippen LogP contribution is 2.29. The maximum Gasteiger partial charge on any atom is 0.147 e. The Kier molecular flexibility index (Phi) is 5.87. The van der Waals surface area contributed by atoms with Crippen molar-refractivity contribution in [3.63, 3.8) is 0 Å². The molecule has 1 saturated heterocycles. The Balaban J connectivity index is 1.60. The van der Waals surface area contributed by atoms with Gasteiger partial charge in [0, 0.05) is 56.9 Å². The number of hydrogen-bond acceptors (Lipinski definition) is 6. The fourth-order valence-electron chi connectivity index (χ4n) is 3.93. The van der Waals surface area contributed by atoms with Gasteiger partial charge in [0.25, 0.3) is 0 Å². The molecule has 1 aliphatic rings. The Hall–Kier alpha value is -2.77. The number of nitrogens with zero attached hydrogens (tertiary/aromatic N) is 6. The largest absolute Gasteiger partial charge is 0.392 e. The van der Waals surface area contributed by atoms with E-state index in [1.807, 2.05) is 23.0 Å². The van der Waals surface area contributed by atoms with Gasteiger partial charge in [-0.3, -0.25) is 14.6 Å². The summed E-state index contributed by atoms with van der Waals surface area (Å²) in [4.78, 5) is 13.5. The van der Waals surface area contributed by atoms with Crippen LogP contribution in [0.3, 0.4) is 0 Å². The van der Waals surface area contributed by atoms with E-state index in [1.54, 1.807) is 12.4 Å². The zero-order valence-corrected chi connectivity index (χ0v) is 17.1. The molecule has 0 radical (unpaired) electrons. The molecule has 1 unspecified atom stereocenters. The maximum absolute atomic E-state index is 9.39. The molecule has 0 amide bonds. The van der Waals surface area contributed by atoms with E-state index in [4.69, 9.17) is 0 Å². The van der Waals surface area contributed by atoms with Gasteiger partial charge < -0.3 is 10.0 Å². The van der Waals surface area contributed by atoms with Crippen LogP contribution in [-0.4, -0.2) is 49.4 Å². The van der Waals surface area contributed by atoms with Crippen LogP contribution < -0.4 is 4.90 Å². The second kappa shape index (κ2) is 8.71. The van der Waals surface area contributed by atoms with Gasteiger partial charge >= 0.3 is 0 Å². The molecule has 0 aliphatic carbocycles. The maximum atomic E-state index is 9.39. The topological polar surface area (TPSA) is 70.3 Å². The number of benzene rings is 1. The number of aliphatic hydroxyl groups excluding tert-OH is 1. The molecule has 0 saturated carbocycles. The van der Waals surface area contributed by atoms with Crippen molar-refractivity contribution in [3.8, 4) is 0 Å². The van der Waals surface area contributed by atoms with Crippen molar-refractivity contribution in [1.29, 1.82) is 0 Å². The summed E-state index contributed by atoms with van der Waals surface area (Å²) in [6.07, 6.45) is 7.45. The number of hydrogen-bond donors (Lipinski definition) is 1. The number of rotatable bonds is 6. The minimum Gasteiger partial charge on any atom is -0.392 e. The first-order valence-corrected chi connectivity index (χ1v) is 10.2. The summed E-state index contributed by atoms with van der Waals surface area (Å²) >= 11 is 0. The van der Waals surface area contributed by atoms with Crippen molar-refractivity contribution in [3.05, 3.63) is 71.4 Å². The number of aryl methyl sites for hydroxylation is 2. The predicted octanol–water partition coefficient (Wildman–Crippen LogP) is 2.56. The molecule has 1 N–H and O–H groups in total. The number of aliphatic hydroxyl groups is 1. The van der Waals surface area contributed by atoms with E-state index in [0.29, 0.717) is 0 Å². The van der Waals surface area contributed by atoms with E-state index in [2.05, 4.69) is 57.0 Å². The zero-order valence-electron chi connectivity index (χ0n) is 17.1. The first-order valence-electron chi connectivity index (χ1n) is 10.2. The van der Waals surface area contributed by atoms with Gasteiger partial charge in [-0.1, -0.05) is 24.3 Å². The molecule has 3 aromatic rings. The molecule has 1 fully saturated rings. The third-order valence-electron chi connectivity index (χ3n) is 5.66. The van der Waals surface area contributed by atoms with Crippen LogP contribution in [0.15, 0.2) is 49.1 Å². The highest BCUT2D eigenvalue weighted by atomic mass is 16.3. The summed E-state index contributed by atoms with van der Waals surface area (Å²) in [5, 5.41) is 14.0. The van der Waals surface area contributed by atoms with Crippen molar-refractivity contribution in [2.45, 2.75) is 39.6 Å². The highest BCUT2D eigenvalue weighted by Gasteiger charge is 2.29. The molecule has 7 nitrogen and oxygen atoms in total. The second-order valence-electron chi connectivity index (χ2n) is 7.49. The van der Waals surface area contributed by atoms with Crippen molar-refractivity contribution in [1.82, 2.24) is 24.6 Å². The Morgan fingerprint density at radius 3 is 2.62 bits per heavy atom. The summed E-state index contributed by atoms with van der Waals surface area (Å²) in [5.41, 5.74) is 4.55. The second-order valence-corrected chi connectivity index (χ2v) is 7.49. The van der Waals surface area contributed by atoms with E-state index in [9.17, 15) is 5.11 Å². The minimum atomic E-state index is 0.0653. The molecule has 2 aromatic heterocycles. The fraction of sp³-hybridized carbons (Fsp3) is 0.409. The van der Waals surface area contributed by atoms with E-state index in [-0.39, 0.29) is 12.6 Å². The van der Waals surface area contributed by atoms with Gasteiger partial charge in [0.2, 0.25) is 0 Å². The number of piperazine rings is 1. The lowest BCUT2D eigenvalue weighted by molar-refractivity contribution is 0.168. The summed E-state index contributed by atoms with van der Waals surface area (Å²) in [5.74, 6) is 0.916.